The molecular weight excluding hydrogens is 311 g/mol. The van der Waals surface area contributed by atoms with Gasteiger partial charge < -0.3 is 9.64 Å². The number of ether oxygens (including phenoxy) is 1. The minimum absolute atomic E-state index is 0.175. The molecule has 0 bridgehead atoms. The SMILES string of the molecule is CCN(CC1CCCO1)c1ccc(C#N)c(Br)c1F. The normalized spacial score (nSPS) is 18.3. The standard InChI is InChI=1S/C14H16BrFN2O/c1-2-18(9-11-4-3-7-19-11)12-6-5-10(8-17)13(15)14(12)16/h5-6,11H,2-4,7,9H2,1H3. The summed E-state index contributed by atoms with van der Waals surface area (Å²) in [5, 5.41) is 8.88. The Morgan fingerprint density at radius 1 is 1.58 bits per heavy atom. The van der Waals surface area contributed by atoms with Gasteiger partial charge in [0.05, 0.1) is 21.8 Å². The maximum Gasteiger partial charge on any atom is 0.161 e. The third kappa shape index (κ3) is 3.07. The Bertz CT molecular complexity index is 495. The molecule has 0 radical (unpaired) electrons. The Labute approximate surface area is 121 Å². The van der Waals surface area contributed by atoms with Gasteiger partial charge in [0.1, 0.15) is 6.07 Å². The second-order valence-electron chi connectivity index (χ2n) is 4.55. The molecule has 1 saturated heterocycles. The van der Waals surface area contributed by atoms with E-state index in [4.69, 9.17) is 10.00 Å². The molecule has 2 rings (SSSR count). The number of halogens is 2. The first-order valence-corrected chi connectivity index (χ1v) is 7.21. The summed E-state index contributed by atoms with van der Waals surface area (Å²) < 4.78 is 20.1. The molecule has 1 fully saturated rings. The molecule has 1 unspecified atom stereocenters. The van der Waals surface area contributed by atoms with E-state index >= 15 is 0 Å². The summed E-state index contributed by atoms with van der Waals surface area (Å²) in [7, 11) is 0. The highest BCUT2D eigenvalue weighted by Gasteiger charge is 2.21. The van der Waals surface area contributed by atoms with Crippen molar-refractivity contribution >= 4 is 21.6 Å². The molecule has 1 aliphatic heterocycles. The quantitative estimate of drug-likeness (QED) is 0.850. The Balaban J connectivity index is 2.23. The number of hydrogen-bond donors (Lipinski definition) is 0. The van der Waals surface area contributed by atoms with E-state index in [1.165, 1.54) is 0 Å². The van der Waals surface area contributed by atoms with Crippen LogP contribution in [0.4, 0.5) is 10.1 Å². The van der Waals surface area contributed by atoms with Crippen LogP contribution in [0.15, 0.2) is 16.6 Å². The molecule has 19 heavy (non-hydrogen) atoms. The molecule has 1 atom stereocenters. The van der Waals surface area contributed by atoms with Crippen molar-refractivity contribution in [2.24, 2.45) is 0 Å². The first-order chi connectivity index (χ1) is 9.17. The van der Waals surface area contributed by atoms with Gasteiger partial charge in [-0.15, -0.1) is 0 Å². The van der Waals surface area contributed by atoms with Crippen molar-refractivity contribution < 1.29 is 9.13 Å². The van der Waals surface area contributed by atoms with E-state index in [0.29, 0.717) is 24.3 Å². The Kier molecular flexibility index (Phi) is 4.78. The zero-order valence-electron chi connectivity index (χ0n) is 10.8. The van der Waals surface area contributed by atoms with Crippen molar-refractivity contribution in [1.82, 2.24) is 0 Å². The fraction of sp³-hybridized carbons (Fsp3) is 0.500. The van der Waals surface area contributed by atoms with Crippen LogP contribution in [0.2, 0.25) is 0 Å². The van der Waals surface area contributed by atoms with E-state index in [1.54, 1.807) is 12.1 Å². The summed E-state index contributed by atoms with van der Waals surface area (Å²) in [6.45, 7) is 4.17. The summed E-state index contributed by atoms with van der Waals surface area (Å²) in [6.07, 6.45) is 2.27. The Morgan fingerprint density at radius 2 is 2.37 bits per heavy atom. The minimum Gasteiger partial charge on any atom is -0.376 e. The highest BCUT2D eigenvalue weighted by Crippen LogP contribution is 2.30. The summed E-state index contributed by atoms with van der Waals surface area (Å²) in [5.74, 6) is -0.376. The van der Waals surface area contributed by atoms with Crippen LogP contribution in [0, 0.1) is 17.1 Å². The van der Waals surface area contributed by atoms with E-state index in [-0.39, 0.29) is 16.4 Å². The molecule has 0 saturated carbocycles. The third-order valence-corrected chi connectivity index (χ3v) is 4.13. The topological polar surface area (TPSA) is 36.3 Å². The van der Waals surface area contributed by atoms with Gasteiger partial charge in [-0.25, -0.2) is 4.39 Å². The average Bonchev–Trinajstić information content (AvgIpc) is 2.92. The van der Waals surface area contributed by atoms with Crippen molar-refractivity contribution in [3.63, 3.8) is 0 Å². The number of benzene rings is 1. The molecule has 0 aromatic heterocycles. The van der Waals surface area contributed by atoms with Gasteiger partial charge in [-0.1, -0.05) is 0 Å². The maximum absolute atomic E-state index is 14.3. The van der Waals surface area contributed by atoms with Crippen LogP contribution in [0.5, 0.6) is 0 Å². The Hall–Kier alpha value is -1.12. The number of likely N-dealkylation sites (N-methyl/N-ethyl adjacent to an activating group) is 1. The number of nitrogens with zero attached hydrogens (tertiary/aromatic N) is 2. The zero-order valence-corrected chi connectivity index (χ0v) is 12.4. The smallest absolute Gasteiger partial charge is 0.161 e. The number of anilines is 1. The summed E-state index contributed by atoms with van der Waals surface area (Å²) in [6, 6.07) is 5.27. The van der Waals surface area contributed by atoms with Crippen molar-refractivity contribution in [3.8, 4) is 6.07 Å². The number of rotatable bonds is 4. The zero-order chi connectivity index (χ0) is 13.8. The molecule has 0 spiro atoms. The minimum atomic E-state index is -0.376. The molecule has 1 aliphatic rings. The fourth-order valence-electron chi connectivity index (χ4n) is 2.30. The lowest BCUT2D eigenvalue weighted by Gasteiger charge is -2.26. The lowest BCUT2D eigenvalue weighted by molar-refractivity contribution is 0.115. The van der Waals surface area contributed by atoms with Gasteiger partial charge in [0, 0.05) is 19.7 Å². The van der Waals surface area contributed by atoms with Crippen LogP contribution in [-0.4, -0.2) is 25.8 Å². The van der Waals surface area contributed by atoms with Gasteiger partial charge in [0.2, 0.25) is 0 Å². The molecule has 1 aromatic rings. The predicted octanol–water partition coefficient (Wildman–Crippen LogP) is 3.47. The van der Waals surface area contributed by atoms with E-state index in [1.807, 2.05) is 17.9 Å². The third-order valence-electron chi connectivity index (χ3n) is 3.35. The molecule has 0 N–H and O–H groups in total. The van der Waals surface area contributed by atoms with Crippen LogP contribution in [-0.2, 0) is 4.74 Å². The summed E-state index contributed by atoms with van der Waals surface area (Å²) in [5.41, 5.74) is 0.832. The van der Waals surface area contributed by atoms with Crippen LogP contribution in [0.3, 0.4) is 0 Å². The summed E-state index contributed by atoms with van der Waals surface area (Å²) in [4.78, 5) is 1.96. The average molecular weight is 327 g/mol. The van der Waals surface area contributed by atoms with Gasteiger partial charge >= 0.3 is 0 Å². The lowest BCUT2D eigenvalue weighted by atomic mass is 10.1. The van der Waals surface area contributed by atoms with E-state index < -0.39 is 0 Å². The lowest BCUT2D eigenvalue weighted by Crippen LogP contribution is -2.32. The van der Waals surface area contributed by atoms with Crippen LogP contribution >= 0.6 is 15.9 Å². The maximum atomic E-state index is 14.3. The molecular formula is C14H16BrFN2O. The van der Waals surface area contributed by atoms with Gasteiger partial charge in [0.15, 0.2) is 5.82 Å². The summed E-state index contributed by atoms with van der Waals surface area (Å²) >= 11 is 3.15. The highest BCUT2D eigenvalue weighted by atomic mass is 79.9. The molecule has 0 aliphatic carbocycles. The molecule has 1 aromatic carbocycles. The Morgan fingerprint density at radius 3 is 2.95 bits per heavy atom. The molecule has 0 amide bonds. The van der Waals surface area contributed by atoms with Crippen LogP contribution in [0.1, 0.15) is 25.3 Å². The highest BCUT2D eigenvalue weighted by molar-refractivity contribution is 9.10. The number of hydrogen-bond acceptors (Lipinski definition) is 3. The van der Waals surface area contributed by atoms with Crippen LogP contribution in [0.25, 0.3) is 0 Å². The van der Waals surface area contributed by atoms with Gasteiger partial charge in [0.25, 0.3) is 0 Å². The first-order valence-electron chi connectivity index (χ1n) is 6.42. The van der Waals surface area contributed by atoms with Crippen molar-refractivity contribution in [2.45, 2.75) is 25.9 Å². The van der Waals surface area contributed by atoms with Crippen LogP contribution < -0.4 is 4.90 Å². The monoisotopic (exact) mass is 326 g/mol. The molecule has 3 nitrogen and oxygen atoms in total. The van der Waals surface area contributed by atoms with E-state index in [9.17, 15) is 4.39 Å². The van der Waals surface area contributed by atoms with E-state index in [0.717, 1.165) is 19.4 Å². The van der Waals surface area contributed by atoms with E-state index in [2.05, 4.69) is 15.9 Å². The fourth-order valence-corrected chi connectivity index (χ4v) is 2.73. The van der Waals surface area contributed by atoms with Gasteiger partial charge in [-0.2, -0.15) is 5.26 Å². The number of nitriles is 1. The molecule has 102 valence electrons. The first kappa shape index (κ1) is 14.3. The predicted molar refractivity (Wildman–Crippen MR) is 75.7 cm³/mol. The van der Waals surface area contributed by atoms with Gasteiger partial charge in [-0.05, 0) is 47.8 Å². The second kappa shape index (κ2) is 6.36. The largest absolute Gasteiger partial charge is 0.376 e. The molecule has 5 heteroatoms. The van der Waals surface area contributed by atoms with Crippen molar-refractivity contribution in [3.05, 3.63) is 28.0 Å². The van der Waals surface area contributed by atoms with Crippen molar-refractivity contribution in [2.75, 3.05) is 24.6 Å². The molecule has 1 heterocycles. The van der Waals surface area contributed by atoms with Crippen molar-refractivity contribution in [1.29, 1.82) is 5.26 Å². The second-order valence-corrected chi connectivity index (χ2v) is 5.34. The van der Waals surface area contributed by atoms with Gasteiger partial charge in [-0.3, -0.25) is 0 Å².